The van der Waals surface area contributed by atoms with Crippen molar-refractivity contribution in [3.8, 4) is 6.07 Å². The number of halogens is 4. The molecular formula is C8H4BrF3N2. The van der Waals surface area contributed by atoms with E-state index in [9.17, 15) is 13.2 Å². The van der Waals surface area contributed by atoms with Gasteiger partial charge < -0.3 is 0 Å². The third-order valence-corrected chi connectivity index (χ3v) is 2.17. The Balaban J connectivity index is 3.32. The minimum absolute atomic E-state index is 0.177. The fraction of sp³-hybridized carbons (Fsp3) is 0.250. The van der Waals surface area contributed by atoms with E-state index >= 15 is 0 Å². The van der Waals surface area contributed by atoms with Crippen LogP contribution in [0.2, 0.25) is 0 Å². The largest absolute Gasteiger partial charge is 0.268 e. The molecule has 0 saturated carbocycles. The first-order chi connectivity index (χ1) is 6.60. The van der Waals surface area contributed by atoms with Gasteiger partial charge in [-0.15, -0.1) is 0 Å². The van der Waals surface area contributed by atoms with Crippen LogP contribution in [0.15, 0.2) is 6.07 Å². The summed E-state index contributed by atoms with van der Waals surface area (Å²) in [6.07, 6.45) is -2.92. The van der Waals surface area contributed by atoms with Crippen molar-refractivity contribution >= 4 is 15.9 Å². The quantitative estimate of drug-likeness (QED) is 0.609. The third-order valence-electron chi connectivity index (χ3n) is 1.57. The van der Waals surface area contributed by atoms with Gasteiger partial charge in [0, 0.05) is 5.33 Å². The van der Waals surface area contributed by atoms with Gasteiger partial charge in [0.25, 0.3) is 6.43 Å². The molecule has 0 unspecified atom stereocenters. The van der Waals surface area contributed by atoms with E-state index in [4.69, 9.17) is 5.26 Å². The maximum atomic E-state index is 12.8. The number of nitriles is 1. The highest BCUT2D eigenvalue weighted by molar-refractivity contribution is 9.08. The number of alkyl halides is 3. The molecule has 74 valence electrons. The summed E-state index contributed by atoms with van der Waals surface area (Å²) >= 11 is 3.00. The summed E-state index contributed by atoms with van der Waals surface area (Å²) in [5, 5.41) is 8.70. The van der Waals surface area contributed by atoms with Crippen LogP contribution in [0.1, 0.15) is 23.2 Å². The number of aromatic nitrogens is 1. The lowest BCUT2D eigenvalue weighted by atomic mass is 10.1. The lowest BCUT2D eigenvalue weighted by molar-refractivity contribution is 0.145. The maximum absolute atomic E-state index is 12.8. The van der Waals surface area contributed by atoms with Crippen molar-refractivity contribution in [3.63, 3.8) is 0 Å². The van der Waals surface area contributed by atoms with Crippen LogP contribution in [0, 0.1) is 17.3 Å². The summed E-state index contributed by atoms with van der Waals surface area (Å²) < 4.78 is 37.2. The zero-order chi connectivity index (χ0) is 10.7. The highest BCUT2D eigenvalue weighted by Gasteiger charge is 2.17. The molecule has 0 radical (unpaired) electrons. The van der Waals surface area contributed by atoms with Gasteiger partial charge in [0.2, 0.25) is 5.95 Å². The third kappa shape index (κ3) is 2.04. The van der Waals surface area contributed by atoms with Gasteiger partial charge in [-0.1, -0.05) is 15.9 Å². The predicted octanol–water partition coefficient (Wildman–Crippen LogP) is 2.92. The normalized spacial score (nSPS) is 10.3. The van der Waals surface area contributed by atoms with E-state index < -0.39 is 17.9 Å². The smallest absolute Gasteiger partial charge is 0.208 e. The number of rotatable bonds is 2. The lowest BCUT2D eigenvalue weighted by Gasteiger charge is -2.04. The molecule has 0 saturated heterocycles. The minimum atomic E-state index is -2.92. The second kappa shape index (κ2) is 4.42. The van der Waals surface area contributed by atoms with Crippen molar-refractivity contribution in [2.75, 3.05) is 0 Å². The summed E-state index contributed by atoms with van der Waals surface area (Å²) in [6.45, 7) is 0. The van der Waals surface area contributed by atoms with Crippen LogP contribution in [0.25, 0.3) is 0 Å². The second-order valence-corrected chi connectivity index (χ2v) is 2.98. The molecule has 0 atom stereocenters. The van der Waals surface area contributed by atoms with Crippen molar-refractivity contribution in [3.05, 3.63) is 28.8 Å². The van der Waals surface area contributed by atoms with Crippen molar-refractivity contribution in [2.45, 2.75) is 11.8 Å². The Hall–Kier alpha value is -1.09. The average Bonchev–Trinajstić information content (AvgIpc) is 2.16. The molecule has 0 bridgehead atoms. The lowest BCUT2D eigenvalue weighted by Crippen LogP contribution is -2.01. The van der Waals surface area contributed by atoms with Crippen molar-refractivity contribution < 1.29 is 13.2 Å². The molecular weight excluding hydrogens is 261 g/mol. The SMILES string of the molecule is N#Cc1nc(F)c(C(F)F)cc1CBr. The van der Waals surface area contributed by atoms with Crippen molar-refractivity contribution in [2.24, 2.45) is 0 Å². The first kappa shape index (κ1) is 11.0. The standard InChI is InChI=1S/C8H4BrF3N2/c9-2-4-1-5(7(10)11)8(12)14-6(4)3-13/h1,7H,2H2. The maximum Gasteiger partial charge on any atom is 0.268 e. The predicted molar refractivity (Wildman–Crippen MR) is 46.5 cm³/mol. The molecule has 1 aromatic rings. The average molecular weight is 265 g/mol. The van der Waals surface area contributed by atoms with E-state index in [0.717, 1.165) is 6.07 Å². The van der Waals surface area contributed by atoms with E-state index in [1.54, 1.807) is 6.07 Å². The Morgan fingerprint density at radius 3 is 2.64 bits per heavy atom. The number of hydrogen-bond acceptors (Lipinski definition) is 2. The van der Waals surface area contributed by atoms with Gasteiger partial charge in [-0.25, -0.2) is 13.8 Å². The molecule has 1 rings (SSSR count). The van der Waals surface area contributed by atoms with Gasteiger partial charge in [0.1, 0.15) is 11.8 Å². The highest BCUT2D eigenvalue weighted by atomic mass is 79.9. The number of pyridine rings is 1. The molecule has 0 amide bonds. The molecule has 1 heterocycles. The van der Waals surface area contributed by atoms with Crippen LogP contribution in [-0.2, 0) is 5.33 Å². The zero-order valence-electron chi connectivity index (χ0n) is 6.77. The molecule has 14 heavy (non-hydrogen) atoms. The second-order valence-electron chi connectivity index (χ2n) is 2.42. The minimum Gasteiger partial charge on any atom is -0.208 e. The number of hydrogen-bond donors (Lipinski definition) is 0. The number of nitrogens with zero attached hydrogens (tertiary/aromatic N) is 2. The molecule has 0 aliphatic heterocycles. The van der Waals surface area contributed by atoms with E-state index in [1.807, 2.05) is 0 Å². The first-order valence-corrected chi connectivity index (χ1v) is 4.65. The van der Waals surface area contributed by atoms with Crippen molar-refractivity contribution in [1.29, 1.82) is 5.26 Å². The van der Waals surface area contributed by atoms with Crippen LogP contribution in [0.4, 0.5) is 13.2 Å². The Labute approximate surface area is 86.5 Å². The van der Waals surface area contributed by atoms with Crippen LogP contribution < -0.4 is 0 Å². The molecule has 0 fully saturated rings. The molecule has 0 aliphatic carbocycles. The molecule has 0 aromatic carbocycles. The van der Waals surface area contributed by atoms with Crippen LogP contribution in [0.5, 0.6) is 0 Å². The van der Waals surface area contributed by atoms with Gasteiger partial charge in [0.15, 0.2) is 0 Å². The summed E-state index contributed by atoms with van der Waals surface area (Å²) in [5.41, 5.74) is -0.702. The summed E-state index contributed by atoms with van der Waals surface area (Å²) in [6, 6.07) is 2.57. The Morgan fingerprint density at radius 2 is 2.21 bits per heavy atom. The van der Waals surface area contributed by atoms with Crippen LogP contribution >= 0.6 is 15.9 Å². The van der Waals surface area contributed by atoms with E-state index in [0.29, 0.717) is 0 Å². The summed E-state index contributed by atoms with van der Waals surface area (Å²) in [5.74, 6) is -1.29. The van der Waals surface area contributed by atoms with E-state index in [1.165, 1.54) is 0 Å². The molecule has 6 heteroatoms. The Bertz CT molecular complexity index is 386. The van der Waals surface area contributed by atoms with Gasteiger partial charge in [-0.2, -0.15) is 9.65 Å². The van der Waals surface area contributed by atoms with E-state index in [2.05, 4.69) is 20.9 Å². The summed E-state index contributed by atoms with van der Waals surface area (Å²) in [4.78, 5) is 3.15. The molecule has 0 spiro atoms. The zero-order valence-corrected chi connectivity index (χ0v) is 8.35. The van der Waals surface area contributed by atoms with Gasteiger partial charge in [0.05, 0.1) is 5.56 Å². The van der Waals surface area contributed by atoms with Gasteiger partial charge in [-0.3, -0.25) is 0 Å². The molecule has 0 N–H and O–H groups in total. The summed E-state index contributed by atoms with van der Waals surface area (Å²) in [7, 11) is 0. The van der Waals surface area contributed by atoms with E-state index in [-0.39, 0.29) is 16.6 Å². The molecule has 1 aromatic heterocycles. The monoisotopic (exact) mass is 264 g/mol. The molecule has 2 nitrogen and oxygen atoms in total. The van der Waals surface area contributed by atoms with Gasteiger partial charge >= 0.3 is 0 Å². The Morgan fingerprint density at radius 1 is 1.57 bits per heavy atom. The van der Waals surface area contributed by atoms with Gasteiger partial charge in [-0.05, 0) is 11.6 Å². The highest BCUT2D eigenvalue weighted by Crippen LogP contribution is 2.24. The van der Waals surface area contributed by atoms with Crippen molar-refractivity contribution in [1.82, 2.24) is 4.98 Å². The Kier molecular flexibility index (Phi) is 3.47. The topological polar surface area (TPSA) is 36.7 Å². The fourth-order valence-corrected chi connectivity index (χ4v) is 1.33. The molecule has 0 aliphatic rings. The van der Waals surface area contributed by atoms with Crippen LogP contribution in [-0.4, -0.2) is 4.98 Å². The fourth-order valence-electron chi connectivity index (χ4n) is 0.902. The van der Waals surface area contributed by atoms with Crippen LogP contribution in [0.3, 0.4) is 0 Å². The first-order valence-electron chi connectivity index (χ1n) is 3.53.